The molecule has 4 heteroatoms. The van der Waals surface area contributed by atoms with E-state index in [1.165, 1.54) is 6.07 Å². The standard InChI is InChI=1S/C17H13ClFNO/c18-15-2-1-3-16-14(15)6-7-20(16)10-13-9-11-8-12(19)4-5-17(11)21-13/h1-8,13H,9-10H2. The molecule has 0 aliphatic carbocycles. The van der Waals surface area contributed by atoms with Crippen LogP contribution in [0.15, 0.2) is 48.7 Å². The van der Waals surface area contributed by atoms with Crippen LogP contribution in [-0.2, 0) is 13.0 Å². The van der Waals surface area contributed by atoms with Gasteiger partial charge >= 0.3 is 0 Å². The predicted octanol–water partition coefficient (Wildman–Crippen LogP) is 4.44. The van der Waals surface area contributed by atoms with E-state index in [0.29, 0.717) is 0 Å². The largest absolute Gasteiger partial charge is 0.488 e. The van der Waals surface area contributed by atoms with Crippen molar-refractivity contribution in [2.45, 2.75) is 19.1 Å². The van der Waals surface area contributed by atoms with E-state index in [4.69, 9.17) is 16.3 Å². The van der Waals surface area contributed by atoms with Gasteiger partial charge in [0.15, 0.2) is 0 Å². The molecule has 1 aliphatic heterocycles. The van der Waals surface area contributed by atoms with Gasteiger partial charge in [0.1, 0.15) is 17.7 Å². The smallest absolute Gasteiger partial charge is 0.123 e. The summed E-state index contributed by atoms with van der Waals surface area (Å²) in [6, 6.07) is 12.6. The second kappa shape index (κ2) is 4.78. The minimum atomic E-state index is -0.212. The lowest BCUT2D eigenvalue weighted by Crippen LogP contribution is -2.20. The fourth-order valence-corrected chi connectivity index (χ4v) is 3.19. The summed E-state index contributed by atoms with van der Waals surface area (Å²) in [5.41, 5.74) is 2.03. The van der Waals surface area contributed by atoms with E-state index in [1.54, 1.807) is 12.1 Å². The third kappa shape index (κ3) is 2.18. The Bertz CT molecular complexity index is 827. The van der Waals surface area contributed by atoms with E-state index >= 15 is 0 Å². The molecule has 0 radical (unpaired) electrons. The quantitative estimate of drug-likeness (QED) is 0.682. The van der Waals surface area contributed by atoms with Gasteiger partial charge in [0, 0.05) is 34.1 Å². The maximum atomic E-state index is 13.2. The summed E-state index contributed by atoms with van der Waals surface area (Å²) < 4.78 is 21.3. The first-order chi connectivity index (χ1) is 10.2. The van der Waals surface area contributed by atoms with Crippen LogP contribution in [0.1, 0.15) is 5.56 Å². The molecule has 0 saturated heterocycles. The Labute approximate surface area is 126 Å². The van der Waals surface area contributed by atoms with Crippen molar-refractivity contribution in [2.24, 2.45) is 0 Å². The zero-order valence-corrected chi connectivity index (χ0v) is 12.0. The molecule has 1 atom stereocenters. The Balaban J connectivity index is 1.61. The minimum Gasteiger partial charge on any atom is -0.488 e. The second-order valence-electron chi connectivity index (χ2n) is 5.34. The summed E-state index contributed by atoms with van der Waals surface area (Å²) >= 11 is 6.19. The van der Waals surface area contributed by atoms with Crippen LogP contribution in [0.25, 0.3) is 10.9 Å². The van der Waals surface area contributed by atoms with Gasteiger partial charge in [-0.15, -0.1) is 0 Å². The van der Waals surface area contributed by atoms with Crippen molar-refractivity contribution >= 4 is 22.5 Å². The maximum absolute atomic E-state index is 13.2. The number of fused-ring (bicyclic) bond motifs is 2. The van der Waals surface area contributed by atoms with E-state index < -0.39 is 0 Å². The maximum Gasteiger partial charge on any atom is 0.123 e. The molecule has 0 bridgehead atoms. The lowest BCUT2D eigenvalue weighted by atomic mass is 10.1. The number of ether oxygens (including phenoxy) is 1. The molecule has 2 nitrogen and oxygen atoms in total. The van der Waals surface area contributed by atoms with Gasteiger partial charge in [-0.05, 0) is 36.4 Å². The monoisotopic (exact) mass is 301 g/mol. The molecule has 2 heterocycles. The average molecular weight is 302 g/mol. The van der Waals surface area contributed by atoms with E-state index in [-0.39, 0.29) is 11.9 Å². The molecule has 3 aromatic rings. The van der Waals surface area contributed by atoms with E-state index in [1.807, 2.05) is 30.5 Å². The highest BCUT2D eigenvalue weighted by atomic mass is 35.5. The Morgan fingerprint density at radius 2 is 2.14 bits per heavy atom. The van der Waals surface area contributed by atoms with Crippen molar-refractivity contribution in [3.05, 3.63) is 65.1 Å². The van der Waals surface area contributed by atoms with Gasteiger partial charge in [-0.3, -0.25) is 0 Å². The Morgan fingerprint density at radius 3 is 3.05 bits per heavy atom. The first-order valence-electron chi connectivity index (χ1n) is 6.89. The second-order valence-corrected chi connectivity index (χ2v) is 5.74. The zero-order valence-electron chi connectivity index (χ0n) is 11.2. The molecule has 1 aliphatic rings. The number of aromatic nitrogens is 1. The topological polar surface area (TPSA) is 14.2 Å². The zero-order chi connectivity index (χ0) is 14.4. The highest BCUT2D eigenvalue weighted by Crippen LogP contribution is 2.31. The van der Waals surface area contributed by atoms with Crippen LogP contribution in [-0.4, -0.2) is 10.7 Å². The fourth-order valence-electron chi connectivity index (χ4n) is 2.96. The Hall–Kier alpha value is -2.00. The Kier molecular flexibility index (Phi) is 2.89. The molecule has 0 saturated carbocycles. The van der Waals surface area contributed by atoms with Crippen molar-refractivity contribution < 1.29 is 9.13 Å². The predicted molar refractivity (Wildman–Crippen MR) is 81.5 cm³/mol. The highest BCUT2D eigenvalue weighted by Gasteiger charge is 2.24. The van der Waals surface area contributed by atoms with Gasteiger partial charge in [0.2, 0.25) is 0 Å². The highest BCUT2D eigenvalue weighted by molar-refractivity contribution is 6.35. The van der Waals surface area contributed by atoms with Crippen LogP contribution in [0.2, 0.25) is 5.02 Å². The molecular formula is C17H13ClFNO. The van der Waals surface area contributed by atoms with Gasteiger partial charge in [-0.2, -0.15) is 0 Å². The molecule has 2 aromatic carbocycles. The average Bonchev–Trinajstić information content (AvgIpc) is 3.04. The summed E-state index contributed by atoms with van der Waals surface area (Å²) in [7, 11) is 0. The third-order valence-electron chi connectivity index (χ3n) is 3.92. The molecular weight excluding hydrogens is 289 g/mol. The fraction of sp³-hybridized carbons (Fsp3) is 0.176. The van der Waals surface area contributed by atoms with Gasteiger partial charge in [0.05, 0.1) is 6.54 Å². The molecule has 1 unspecified atom stereocenters. The van der Waals surface area contributed by atoms with E-state index in [9.17, 15) is 4.39 Å². The molecule has 0 spiro atoms. The van der Waals surface area contributed by atoms with Crippen molar-refractivity contribution in [3.8, 4) is 5.75 Å². The SMILES string of the molecule is Fc1ccc2c(c1)CC(Cn1ccc3c(Cl)cccc31)O2. The number of halogens is 2. The number of benzene rings is 2. The van der Waals surface area contributed by atoms with Crippen LogP contribution >= 0.6 is 11.6 Å². The number of rotatable bonds is 2. The van der Waals surface area contributed by atoms with Crippen molar-refractivity contribution in [2.75, 3.05) is 0 Å². The summed E-state index contributed by atoms with van der Waals surface area (Å²) in [5.74, 6) is 0.576. The first kappa shape index (κ1) is 12.7. The molecule has 106 valence electrons. The molecule has 0 fully saturated rings. The third-order valence-corrected chi connectivity index (χ3v) is 4.25. The van der Waals surface area contributed by atoms with E-state index in [0.717, 1.165) is 40.2 Å². The summed E-state index contributed by atoms with van der Waals surface area (Å²) in [6.45, 7) is 0.722. The summed E-state index contributed by atoms with van der Waals surface area (Å²) in [6.07, 6.45) is 2.77. The van der Waals surface area contributed by atoms with Crippen LogP contribution in [0.4, 0.5) is 4.39 Å². The summed E-state index contributed by atoms with van der Waals surface area (Å²) in [4.78, 5) is 0. The number of hydrogen-bond donors (Lipinski definition) is 0. The molecule has 21 heavy (non-hydrogen) atoms. The van der Waals surface area contributed by atoms with Gasteiger partial charge in [0.25, 0.3) is 0 Å². The number of hydrogen-bond acceptors (Lipinski definition) is 1. The Morgan fingerprint density at radius 1 is 1.24 bits per heavy atom. The van der Waals surface area contributed by atoms with Crippen molar-refractivity contribution in [3.63, 3.8) is 0 Å². The van der Waals surface area contributed by atoms with Crippen LogP contribution in [0.5, 0.6) is 5.75 Å². The molecule has 1 aromatic heterocycles. The van der Waals surface area contributed by atoms with Crippen LogP contribution in [0.3, 0.4) is 0 Å². The molecule has 0 amide bonds. The van der Waals surface area contributed by atoms with Crippen molar-refractivity contribution in [1.29, 1.82) is 0 Å². The normalized spacial score (nSPS) is 17.0. The lowest BCUT2D eigenvalue weighted by molar-refractivity contribution is 0.211. The molecule has 4 rings (SSSR count). The van der Waals surface area contributed by atoms with Crippen molar-refractivity contribution in [1.82, 2.24) is 4.57 Å². The van der Waals surface area contributed by atoms with Gasteiger partial charge in [-0.1, -0.05) is 17.7 Å². The van der Waals surface area contributed by atoms with Crippen LogP contribution in [0, 0.1) is 5.82 Å². The van der Waals surface area contributed by atoms with Gasteiger partial charge < -0.3 is 9.30 Å². The first-order valence-corrected chi connectivity index (χ1v) is 7.27. The van der Waals surface area contributed by atoms with Crippen LogP contribution < -0.4 is 4.74 Å². The summed E-state index contributed by atoms with van der Waals surface area (Å²) in [5, 5.41) is 1.80. The number of nitrogens with zero attached hydrogens (tertiary/aromatic N) is 1. The van der Waals surface area contributed by atoms with E-state index in [2.05, 4.69) is 4.57 Å². The van der Waals surface area contributed by atoms with Gasteiger partial charge in [-0.25, -0.2) is 4.39 Å². The molecule has 0 N–H and O–H groups in total. The lowest BCUT2D eigenvalue weighted by Gasteiger charge is -2.13. The minimum absolute atomic E-state index is 0.0244.